The molecule has 0 saturated heterocycles. The molecule has 1 atom stereocenters. The summed E-state index contributed by atoms with van der Waals surface area (Å²) < 4.78 is 25.3. The largest absolute Gasteiger partial charge is 0.348 e. The molecule has 2 aromatic carbocycles. The number of hydrogen-bond acceptors (Lipinski definition) is 5. The van der Waals surface area contributed by atoms with Crippen molar-refractivity contribution >= 4 is 27.1 Å². The highest BCUT2D eigenvalue weighted by molar-refractivity contribution is 7.94. The molecule has 0 fully saturated rings. The SMILES string of the molecule is O=C(CS(=O)(=O)c1nc(-c2ccccc2)cs1)NC1CCCc2ccccc21. The zero-order valence-electron chi connectivity index (χ0n) is 15.2. The van der Waals surface area contributed by atoms with Crippen molar-refractivity contribution in [2.24, 2.45) is 0 Å². The molecule has 1 aliphatic rings. The Morgan fingerprint density at radius 3 is 2.68 bits per heavy atom. The predicted octanol–water partition coefficient (Wildman–Crippen LogP) is 3.78. The first-order valence-corrected chi connectivity index (χ1v) is 11.7. The highest BCUT2D eigenvalue weighted by Gasteiger charge is 2.27. The average molecular weight is 413 g/mol. The minimum atomic E-state index is -3.78. The van der Waals surface area contributed by atoms with Gasteiger partial charge in [-0.25, -0.2) is 13.4 Å². The third kappa shape index (κ3) is 4.00. The van der Waals surface area contributed by atoms with Crippen molar-refractivity contribution in [3.63, 3.8) is 0 Å². The number of rotatable bonds is 5. The van der Waals surface area contributed by atoms with Crippen molar-refractivity contribution in [1.29, 1.82) is 0 Å². The number of hydrogen-bond donors (Lipinski definition) is 1. The lowest BCUT2D eigenvalue weighted by molar-refractivity contribution is -0.119. The Balaban J connectivity index is 1.47. The zero-order chi connectivity index (χ0) is 19.6. The van der Waals surface area contributed by atoms with Gasteiger partial charge in [0.15, 0.2) is 0 Å². The van der Waals surface area contributed by atoms with Gasteiger partial charge in [0.1, 0.15) is 5.75 Å². The summed E-state index contributed by atoms with van der Waals surface area (Å²) in [6.45, 7) is 0. The van der Waals surface area contributed by atoms with Crippen LogP contribution in [-0.2, 0) is 21.1 Å². The number of benzene rings is 2. The molecule has 0 radical (unpaired) electrons. The number of fused-ring (bicyclic) bond motifs is 1. The van der Waals surface area contributed by atoms with E-state index in [4.69, 9.17) is 0 Å². The van der Waals surface area contributed by atoms with Gasteiger partial charge in [-0.1, -0.05) is 54.6 Å². The lowest BCUT2D eigenvalue weighted by Gasteiger charge is -2.26. The van der Waals surface area contributed by atoms with E-state index >= 15 is 0 Å². The minimum Gasteiger partial charge on any atom is -0.348 e. The summed E-state index contributed by atoms with van der Waals surface area (Å²) in [5.41, 5.74) is 3.75. The maximum absolute atomic E-state index is 12.7. The van der Waals surface area contributed by atoms with Gasteiger partial charge in [-0.15, -0.1) is 11.3 Å². The van der Waals surface area contributed by atoms with Gasteiger partial charge in [0.05, 0.1) is 11.7 Å². The van der Waals surface area contributed by atoms with Gasteiger partial charge in [-0.3, -0.25) is 4.79 Å². The molecule has 7 heteroatoms. The Morgan fingerprint density at radius 2 is 1.86 bits per heavy atom. The normalized spacial score (nSPS) is 16.4. The molecule has 1 aliphatic carbocycles. The number of nitrogens with zero attached hydrogens (tertiary/aromatic N) is 1. The molecular formula is C21H20N2O3S2. The third-order valence-electron chi connectivity index (χ3n) is 4.84. The number of aryl methyl sites for hydroxylation is 1. The van der Waals surface area contributed by atoms with Crippen molar-refractivity contribution < 1.29 is 13.2 Å². The van der Waals surface area contributed by atoms with Gasteiger partial charge in [0.25, 0.3) is 0 Å². The monoisotopic (exact) mass is 412 g/mol. The fraction of sp³-hybridized carbons (Fsp3) is 0.238. The van der Waals surface area contributed by atoms with Crippen LogP contribution < -0.4 is 5.32 Å². The van der Waals surface area contributed by atoms with E-state index in [1.165, 1.54) is 5.56 Å². The third-order valence-corrected chi connectivity index (χ3v) is 7.79. The van der Waals surface area contributed by atoms with Crippen LogP contribution in [0.1, 0.15) is 30.0 Å². The fourth-order valence-electron chi connectivity index (χ4n) is 3.52. The molecule has 1 aromatic heterocycles. The van der Waals surface area contributed by atoms with Gasteiger partial charge >= 0.3 is 0 Å². The molecule has 0 spiro atoms. The second-order valence-corrected chi connectivity index (χ2v) is 9.86. The molecule has 3 aromatic rings. The highest BCUT2D eigenvalue weighted by atomic mass is 32.2. The first kappa shape index (κ1) is 18.8. The Kier molecular flexibility index (Phi) is 5.28. The summed E-state index contributed by atoms with van der Waals surface area (Å²) in [7, 11) is -3.78. The van der Waals surface area contributed by atoms with Crippen LogP contribution >= 0.6 is 11.3 Å². The smallest absolute Gasteiger partial charge is 0.236 e. The molecule has 1 amide bonds. The Hall–Kier alpha value is -2.51. The standard InChI is InChI=1S/C21H20N2O3S2/c24-20(22-18-12-6-10-15-7-4-5-11-17(15)18)14-28(25,26)21-23-19(13-27-21)16-8-2-1-3-9-16/h1-5,7-9,11,13,18H,6,10,12,14H2,(H,22,24). The Bertz CT molecular complexity index is 1090. The number of carbonyl (C=O) groups is 1. The summed E-state index contributed by atoms with van der Waals surface area (Å²) >= 11 is 1.05. The maximum Gasteiger partial charge on any atom is 0.236 e. The molecule has 5 nitrogen and oxygen atoms in total. The Morgan fingerprint density at radius 1 is 1.11 bits per heavy atom. The second-order valence-electron chi connectivity index (χ2n) is 6.83. The van der Waals surface area contributed by atoms with Crippen LogP contribution in [-0.4, -0.2) is 25.1 Å². The molecule has 4 rings (SSSR count). The molecular weight excluding hydrogens is 392 g/mol. The van der Waals surface area contributed by atoms with E-state index in [1.54, 1.807) is 5.38 Å². The highest BCUT2D eigenvalue weighted by Crippen LogP contribution is 2.30. The van der Waals surface area contributed by atoms with E-state index in [2.05, 4.69) is 16.4 Å². The van der Waals surface area contributed by atoms with E-state index in [-0.39, 0.29) is 10.4 Å². The van der Waals surface area contributed by atoms with Crippen LogP contribution in [0.25, 0.3) is 11.3 Å². The maximum atomic E-state index is 12.7. The van der Waals surface area contributed by atoms with Crippen molar-refractivity contribution in [2.45, 2.75) is 29.6 Å². The molecule has 0 saturated carbocycles. The molecule has 1 N–H and O–H groups in total. The van der Waals surface area contributed by atoms with E-state index in [0.29, 0.717) is 5.69 Å². The lowest BCUT2D eigenvalue weighted by atomic mass is 9.88. The van der Waals surface area contributed by atoms with Crippen molar-refractivity contribution in [3.8, 4) is 11.3 Å². The van der Waals surface area contributed by atoms with Crippen molar-refractivity contribution in [3.05, 3.63) is 71.1 Å². The van der Waals surface area contributed by atoms with Gasteiger partial charge in [-0.05, 0) is 30.4 Å². The van der Waals surface area contributed by atoms with Crippen molar-refractivity contribution in [2.75, 3.05) is 5.75 Å². The van der Waals surface area contributed by atoms with Crippen LogP contribution in [0.15, 0.2) is 64.3 Å². The minimum absolute atomic E-state index is 0.0226. The first-order chi connectivity index (χ1) is 13.5. The van der Waals surface area contributed by atoms with Crippen LogP contribution in [0.4, 0.5) is 0 Å². The number of carbonyl (C=O) groups excluding carboxylic acids is 1. The van der Waals surface area contributed by atoms with Gasteiger partial charge in [0, 0.05) is 10.9 Å². The van der Waals surface area contributed by atoms with E-state index in [9.17, 15) is 13.2 Å². The van der Waals surface area contributed by atoms with Gasteiger partial charge in [0.2, 0.25) is 20.1 Å². The summed E-state index contributed by atoms with van der Waals surface area (Å²) in [4.78, 5) is 16.7. The summed E-state index contributed by atoms with van der Waals surface area (Å²) in [6, 6.07) is 17.2. The van der Waals surface area contributed by atoms with E-state index < -0.39 is 21.5 Å². The molecule has 0 aliphatic heterocycles. The van der Waals surface area contributed by atoms with Crippen LogP contribution in [0.5, 0.6) is 0 Å². The second kappa shape index (κ2) is 7.85. The predicted molar refractivity (Wildman–Crippen MR) is 110 cm³/mol. The lowest BCUT2D eigenvalue weighted by Crippen LogP contribution is -2.35. The van der Waals surface area contributed by atoms with E-state index in [0.717, 1.165) is 41.7 Å². The molecule has 28 heavy (non-hydrogen) atoms. The first-order valence-electron chi connectivity index (χ1n) is 9.14. The summed E-state index contributed by atoms with van der Waals surface area (Å²) in [6.07, 6.45) is 2.78. The van der Waals surface area contributed by atoms with E-state index in [1.807, 2.05) is 48.5 Å². The van der Waals surface area contributed by atoms with Gasteiger partial charge < -0.3 is 5.32 Å². The van der Waals surface area contributed by atoms with Crippen LogP contribution in [0.2, 0.25) is 0 Å². The Labute approximate surface area is 168 Å². The summed E-state index contributed by atoms with van der Waals surface area (Å²) in [5, 5.41) is 4.60. The fourth-order valence-corrected chi connectivity index (χ4v) is 5.77. The zero-order valence-corrected chi connectivity index (χ0v) is 16.8. The molecule has 0 bridgehead atoms. The molecule has 144 valence electrons. The quantitative estimate of drug-likeness (QED) is 0.692. The number of aromatic nitrogens is 1. The van der Waals surface area contributed by atoms with Crippen LogP contribution in [0.3, 0.4) is 0 Å². The molecule has 1 unspecified atom stereocenters. The van der Waals surface area contributed by atoms with Gasteiger partial charge in [-0.2, -0.15) is 0 Å². The number of thiazole rings is 1. The molecule has 1 heterocycles. The number of nitrogens with one attached hydrogen (secondary N) is 1. The topological polar surface area (TPSA) is 76.1 Å². The average Bonchev–Trinajstić information content (AvgIpc) is 3.20. The number of amides is 1. The number of sulfone groups is 1. The van der Waals surface area contributed by atoms with Crippen LogP contribution in [0, 0.1) is 0 Å². The summed E-state index contributed by atoms with van der Waals surface area (Å²) in [5.74, 6) is -1.08. The van der Waals surface area contributed by atoms with Crippen molar-refractivity contribution in [1.82, 2.24) is 10.3 Å².